The van der Waals surface area contributed by atoms with Crippen LogP contribution in [0.15, 0.2) is 64.6 Å². The van der Waals surface area contributed by atoms with Gasteiger partial charge in [-0.15, -0.1) is 0 Å². The molecule has 3 rings (SSSR count). The van der Waals surface area contributed by atoms with Gasteiger partial charge in [0.15, 0.2) is 5.76 Å². The van der Waals surface area contributed by atoms with E-state index in [0.717, 1.165) is 12.8 Å². The highest BCUT2D eigenvalue weighted by Crippen LogP contribution is 2.22. The number of hydrogen-bond acceptors (Lipinski definition) is 4. The molecule has 0 aliphatic heterocycles. The van der Waals surface area contributed by atoms with Crippen molar-refractivity contribution in [2.24, 2.45) is 0 Å². The number of allylic oxidation sites excluding steroid dienone is 2. The molecule has 2 aromatic rings. The number of halogens is 1. The topological polar surface area (TPSA) is 68.5 Å². The maximum Gasteiger partial charge on any atom is 0.256 e. The molecule has 1 aromatic heterocycles. The minimum atomic E-state index is -0.335. The molecule has 0 bridgehead atoms. The summed E-state index contributed by atoms with van der Waals surface area (Å²) in [5.41, 5.74) is 1.57. The van der Waals surface area contributed by atoms with E-state index in [2.05, 4.69) is 5.32 Å². The van der Waals surface area contributed by atoms with E-state index < -0.39 is 0 Å². The molecule has 1 aliphatic carbocycles. The summed E-state index contributed by atoms with van der Waals surface area (Å²) >= 11 is 6.08. The third-order valence-electron chi connectivity index (χ3n) is 4.12. The maximum absolute atomic E-state index is 12.9. The van der Waals surface area contributed by atoms with Gasteiger partial charge in [0.2, 0.25) is 5.78 Å². The van der Waals surface area contributed by atoms with Crippen LogP contribution in [0.25, 0.3) is 0 Å². The average molecular weight is 386 g/mol. The van der Waals surface area contributed by atoms with Crippen molar-refractivity contribution in [3.63, 3.8) is 0 Å². The van der Waals surface area contributed by atoms with Crippen LogP contribution in [0.1, 0.15) is 46.2 Å². The Labute approximate surface area is 162 Å². The fourth-order valence-corrected chi connectivity index (χ4v) is 3.03. The molecular formula is C21H20ClNO4. The molecule has 0 unspecified atom stereocenters. The lowest BCUT2D eigenvalue weighted by atomic mass is 10.0. The van der Waals surface area contributed by atoms with E-state index in [1.54, 1.807) is 30.3 Å². The van der Waals surface area contributed by atoms with Gasteiger partial charge in [0.05, 0.1) is 18.6 Å². The van der Waals surface area contributed by atoms with Crippen molar-refractivity contribution < 1.29 is 18.7 Å². The summed E-state index contributed by atoms with van der Waals surface area (Å²) in [6.45, 7) is 2.41. The molecule has 0 saturated heterocycles. The molecule has 6 heteroatoms. The number of furan rings is 1. The van der Waals surface area contributed by atoms with Gasteiger partial charge in [0.25, 0.3) is 5.91 Å². The first-order chi connectivity index (χ1) is 13.1. The van der Waals surface area contributed by atoms with Crippen LogP contribution in [0.2, 0.25) is 5.02 Å². The highest BCUT2D eigenvalue weighted by molar-refractivity contribution is 6.31. The molecule has 1 aliphatic rings. The molecule has 1 heterocycles. The summed E-state index contributed by atoms with van der Waals surface area (Å²) in [4.78, 5) is 25.2. The predicted octanol–water partition coefficient (Wildman–Crippen LogP) is 4.69. The second-order valence-electron chi connectivity index (χ2n) is 6.03. The van der Waals surface area contributed by atoms with Gasteiger partial charge >= 0.3 is 0 Å². The molecule has 0 saturated carbocycles. The second kappa shape index (κ2) is 8.73. The predicted molar refractivity (Wildman–Crippen MR) is 103 cm³/mol. The number of ketones is 1. The van der Waals surface area contributed by atoms with E-state index in [4.69, 9.17) is 20.8 Å². The third-order valence-corrected chi connectivity index (χ3v) is 4.36. The Kier molecular flexibility index (Phi) is 6.14. The van der Waals surface area contributed by atoms with Crippen molar-refractivity contribution in [2.75, 3.05) is 6.61 Å². The van der Waals surface area contributed by atoms with Crippen molar-refractivity contribution >= 4 is 23.3 Å². The van der Waals surface area contributed by atoms with Gasteiger partial charge in [0, 0.05) is 17.0 Å². The molecule has 1 aromatic carbocycles. The van der Waals surface area contributed by atoms with E-state index in [1.165, 1.54) is 6.26 Å². The summed E-state index contributed by atoms with van der Waals surface area (Å²) in [7, 11) is 0. The standard InChI is InChI=1S/C21H20ClNO4/c1-2-26-19-7-4-3-6-17(19)23-21(25)16-13-15(22)10-9-14(16)12-18(24)20-8-5-11-27-20/h5-11,13H,2-4,12H2,1H3,(H,23,25). The van der Waals surface area contributed by atoms with Crippen LogP contribution in [0.5, 0.6) is 0 Å². The first kappa shape index (κ1) is 19.0. The molecule has 1 amide bonds. The highest BCUT2D eigenvalue weighted by Gasteiger charge is 2.20. The average Bonchev–Trinajstić information content (AvgIpc) is 3.20. The van der Waals surface area contributed by atoms with Crippen molar-refractivity contribution in [1.82, 2.24) is 5.32 Å². The molecule has 0 fully saturated rings. The Morgan fingerprint density at radius 3 is 2.78 bits per heavy atom. The van der Waals surface area contributed by atoms with Crippen LogP contribution in [-0.4, -0.2) is 18.3 Å². The zero-order chi connectivity index (χ0) is 19.2. The Bertz CT molecular complexity index is 897. The Hall–Kier alpha value is -2.79. The minimum Gasteiger partial charge on any atom is -0.492 e. The summed E-state index contributed by atoms with van der Waals surface area (Å²) in [5, 5.41) is 3.30. The van der Waals surface area contributed by atoms with Crippen LogP contribution in [-0.2, 0) is 11.2 Å². The quantitative estimate of drug-likeness (QED) is 0.702. The molecule has 140 valence electrons. The maximum atomic E-state index is 12.9. The van der Waals surface area contributed by atoms with Crippen LogP contribution < -0.4 is 5.32 Å². The molecule has 0 radical (unpaired) electrons. The number of benzene rings is 1. The summed E-state index contributed by atoms with van der Waals surface area (Å²) < 4.78 is 10.7. The molecule has 0 spiro atoms. The normalized spacial score (nSPS) is 13.6. The van der Waals surface area contributed by atoms with Crippen LogP contribution in [0.3, 0.4) is 0 Å². The van der Waals surface area contributed by atoms with E-state index in [-0.39, 0.29) is 23.9 Å². The van der Waals surface area contributed by atoms with E-state index in [9.17, 15) is 9.59 Å². The van der Waals surface area contributed by atoms with Crippen LogP contribution in [0, 0.1) is 0 Å². The largest absolute Gasteiger partial charge is 0.492 e. The fraction of sp³-hybridized carbons (Fsp3) is 0.238. The van der Waals surface area contributed by atoms with E-state index in [0.29, 0.717) is 34.2 Å². The van der Waals surface area contributed by atoms with Crippen molar-refractivity contribution in [2.45, 2.75) is 26.2 Å². The number of rotatable bonds is 7. The van der Waals surface area contributed by atoms with Gasteiger partial charge in [-0.05, 0) is 55.7 Å². The van der Waals surface area contributed by atoms with Gasteiger partial charge in [-0.25, -0.2) is 0 Å². The summed E-state index contributed by atoms with van der Waals surface area (Å²) in [6.07, 6.45) is 7.07. The number of carbonyl (C=O) groups excluding carboxylic acids is 2. The molecule has 1 N–H and O–H groups in total. The number of amides is 1. The molecule has 27 heavy (non-hydrogen) atoms. The number of carbonyl (C=O) groups is 2. The Balaban J connectivity index is 1.81. The Morgan fingerprint density at radius 1 is 1.22 bits per heavy atom. The monoisotopic (exact) mass is 385 g/mol. The van der Waals surface area contributed by atoms with Crippen LogP contribution in [0.4, 0.5) is 0 Å². The number of Topliss-reactive ketones (excluding diaryl/α,β-unsaturated/α-hetero) is 1. The minimum absolute atomic E-state index is 0.0423. The van der Waals surface area contributed by atoms with Crippen molar-refractivity contribution in [3.05, 3.63) is 82.1 Å². The summed E-state index contributed by atoms with van der Waals surface area (Å²) in [6, 6.07) is 8.17. The Morgan fingerprint density at radius 2 is 2.04 bits per heavy atom. The lowest BCUT2D eigenvalue weighted by Gasteiger charge is -2.18. The fourth-order valence-electron chi connectivity index (χ4n) is 2.86. The second-order valence-corrected chi connectivity index (χ2v) is 6.47. The zero-order valence-corrected chi connectivity index (χ0v) is 15.7. The number of hydrogen-bond donors (Lipinski definition) is 1. The third kappa shape index (κ3) is 4.68. The first-order valence-electron chi connectivity index (χ1n) is 8.78. The zero-order valence-electron chi connectivity index (χ0n) is 15.0. The lowest BCUT2D eigenvalue weighted by molar-refractivity contribution is 0.0957. The highest BCUT2D eigenvalue weighted by atomic mass is 35.5. The molecule has 5 nitrogen and oxygen atoms in total. The van der Waals surface area contributed by atoms with Crippen molar-refractivity contribution in [3.8, 4) is 0 Å². The number of ether oxygens (including phenoxy) is 1. The van der Waals surface area contributed by atoms with Crippen molar-refractivity contribution in [1.29, 1.82) is 0 Å². The molecular weight excluding hydrogens is 366 g/mol. The smallest absolute Gasteiger partial charge is 0.256 e. The van der Waals surface area contributed by atoms with Gasteiger partial charge in [0.1, 0.15) is 5.76 Å². The van der Waals surface area contributed by atoms with E-state index >= 15 is 0 Å². The first-order valence-corrected chi connectivity index (χ1v) is 9.16. The van der Waals surface area contributed by atoms with Gasteiger partial charge in [-0.2, -0.15) is 0 Å². The summed E-state index contributed by atoms with van der Waals surface area (Å²) in [5.74, 6) is 0.377. The SMILES string of the molecule is CCOC1=CCCC=C1NC(=O)c1cc(Cl)ccc1CC(=O)c1ccco1. The van der Waals surface area contributed by atoms with Crippen LogP contribution >= 0.6 is 11.6 Å². The van der Waals surface area contributed by atoms with Gasteiger partial charge < -0.3 is 14.5 Å². The number of nitrogens with one attached hydrogen (secondary N) is 1. The van der Waals surface area contributed by atoms with Gasteiger partial charge in [-0.1, -0.05) is 23.7 Å². The van der Waals surface area contributed by atoms with Gasteiger partial charge in [-0.3, -0.25) is 9.59 Å². The molecule has 0 atom stereocenters. The lowest BCUT2D eigenvalue weighted by Crippen LogP contribution is -2.27. The van der Waals surface area contributed by atoms with E-state index in [1.807, 2.05) is 19.1 Å².